The van der Waals surface area contributed by atoms with Crippen LogP contribution in [0, 0.1) is 6.92 Å². The second kappa shape index (κ2) is 7.56. The summed E-state index contributed by atoms with van der Waals surface area (Å²) in [4.78, 5) is 0. The van der Waals surface area contributed by atoms with Crippen molar-refractivity contribution in [3.8, 4) is 33.4 Å². The van der Waals surface area contributed by atoms with Crippen molar-refractivity contribution in [3.05, 3.63) is 155 Å². The van der Waals surface area contributed by atoms with Gasteiger partial charge in [-0.3, -0.25) is 0 Å². The maximum atomic E-state index is 2.50. The third-order valence-corrected chi connectivity index (χ3v) is 10.3. The van der Waals surface area contributed by atoms with Crippen LogP contribution in [-0.4, -0.2) is 0 Å². The smallest absolute Gasteiger partial charge is 0.0725 e. The van der Waals surface area contributed by atoms with Crippen molar-refractivity contribution < 1.29 is 0 Å². The van der Waals surface area contributed by atoms with Gasteiger partial charge in [0.15, 0.2) is 0 Å². The standard InChI is InChI=1S/C38H24S/c1-23-10-8-18-33-36(23)30-13-3-6-17-32(30)38(33)31-16-5-2-11-26(31)27-21-20-24(22-34(27)38)25-14-9-15-29-28-12-4-7-19-35(28)39-37(25)29/h2-22H,1H3. The van der Waals surface area contributed by atoms with Gasteiger partial charge in [0.05, 0.1) is 5.41 Å². The molecule has 39 heavy (non-hydrogen) atoms. The molecular formula is C38H24S. The molecule has 0 fully saturated rings. The third-order valence-electron chi connectivity index (χ3n) is 9.04. The summed E-state index contributed by atoms with van der Waals surface area (Å²) >= 11 is 1.91. The Labute approximate surface area is 231 Å². The highest BCUT2D eigenvalue weighted by atomic mass is 32.1. The lowest BCUT2D eigenvalue weighted by Crippen LogP contribution is -2.25. The van der Waals surface area contributed by atoms with E-state index in [9.17, 15) is 0 Å². The van der Waals surface area contributed by atoms with Gasteiger partial charge >= 0.3 is 0 Å². The van der Waals surface area contributed by atoms with Crippen LogP contribution in [0.3, 0.4) is 0 Å². The Morgan fingerprint density at radius 1 is 0.487 bits per heavy atom. The van der Waals surface area contributed by atoms with Crippen LogP contribution in [0.25, 0.3) is 53.6 Å². The van der Waals surface area contributed by atoms with Crippen LogP contribution in [0.15, 0.2) is 127 Å². The number of fused-ring (bicyclic) bond motifs is 13. The van der Waals surface area contributed by atoms with E-state index in [1.54, 1.807) is 0 Å². The zero-order valence-electron chi connectivity index (χ0n) is 21.5. The number of hydrogen-bond acceptors (Lipinski definition) is 1. The van der Waals surface area contributed by atoms with Crippen LogP contribution >= 0.6 is 11.3 Å². The first-order valence-electron chi connectivity index (χ1n) is 13.6. The quantitative estimate of drug-likeness (QED) is 0.205. The average molecular weight is 513 g/mol. The first-order valence-corrected chi connectivity index (χ1v) is 14.4. The summed E-state index contributed by atoms with van der Waals surface area (Å²) in [5, 5.41) is 2.69. The summed E-state index contributed by atoms with van der Waals surface area (Å²) in [6.45, 7) is 2.26. The highest BCUT2D eigenvalue weighted by Gasteiger charge is 2.51. The molecule has 2 aliphatic carbocycles. The van der Waals surface area contributed by atoms with Gasteiger partial charge in [-0.05, 0) is 80.3 Å². The van der Waals surface area contributed by atoms with Crippen LogP contribution in [0.5, 0.6) is 0 Å². The second-order valence-corrected chi connectivity index (χ2v) is 11.9. The molecule has 1 heteroatoms. The molecule has 0 radical (unpaired) electrons. The van der Waals surface area contributed by atoms with Crippen molar-refractivity contribution in [2.24, 2.45) is 0 Å². The van der Waals surface area contributed by atoms with Crippen LogP contribution in [0.2, 0.25) is 0 Å². The number of aryl methyl sites for hydroxylation is 1. The van der Waals surface area contributed by atoms with Crippen molar-refractivity contribution in [3.63, 3.8) is 0 Å². The van der Waals surface area contributed by atoms with Gasteiger partial charge in [-0.1, -0.05) is 115 Å². The van der Waals surface area contributed by atoms with E-state index in [2.05, 4.69) is 134 Å². The van der Waals surface area contributed by atoms with E-state index in [1.807, 2.05) is 11.3 Å². The molecule has 9 rings (SSSR count). The van der Waals surface area contributed by atoms with E-state index < -0.39 is 0 Å². The SMILES string of the molecule is Cc1cccc2c1-c1ccccc1C21c2ccccc2-c2ccc(-c3cccc4c3sc3ccccc34)cc21. The predicted molar refractivity (Wildman–Crippen MR) is 166 cm³/mol. The van der Waals surface area contributed by atoms with E-state index in [0.29, 0.717) is 0 Å². The van der Waals surface area contributed by atoms with Crippen molar-refractivity contribution in [2.45, 2.75) is 12.3 Å². The molecule has 0 nitrogen and oxygen atoms in total. The van der Waals surface area contributed by atoms with E-state index in [-0.39, 0.29) is 5.41 Å². The minimum absolute atomic E-state index is 0.312. The lowest BCUT2D eigenvalue weighted by Gasteiger charge is -2.30. The van der Waals surface area contributed by atoms with Crippen molar-refractivity contribution in [1.82, 2.24) is 0 Å². The van der Waals surface area contributed by atoms with Gasteiger partial charge in [0.1, 0.15) is 0 Å². The minimum atomic E-state index is -0.312. The van der Waals surface area contributed by atoms with Crippen molar-refractivity contribution in [1.29, 1.82) is 0 Å². The number of benzene rings is 6. The minimum Gasteiger partial charge on any atom is -0.135 e. The molecule has 0 bridgehead atoms. The molecule has 0 N–H and O–H groups in total. The zero-order chi connectivity index (χ0) is 25.7. The van der Waals surface area contributed by atoms with Crippen molar-refractivity contribution in [2.75, 3.05) is 0 Å². The summed E-state index contributed by atoms with van der Waals surface area (Å²) < 4.78 is 2.71. The van der Waals surface area contributed by atoms with Crippen LogP contribution < -0.4 is 0 Å². The van der Waals surface area contributed by atoms with Gasteiger partial charge in [0.25, 0.3) is 0 Å². The first-order chi connectivity index (χ1) is 19.3. The third kappa shape index (κ3) is 2.59. The summed E-state index contributed by atoms with van der Waals surface area (Å²) in [6.07, 6.45) is 0. The Bertz CT molecular complexity index is 2140. The van der Waals surface area contributed by atoms with Crippen LogP contribution in [0.4, 0.5) is 0 Å². The Kier molecular flexibility index (Phi) is 4.16. The molecule has 1 heterocycles. The molecule has 1 unspecified atom stereocenters. The molecular weight excluding hydrogens is 488 g/mol. The van der Waals surface area contributed by atoms with Gasteiger partial charge in [0.2, 0.25) is 0 Å². The highest BCUT2D eigenvalue weighted by Crippen LogP contribution is 2.63. The Morgan fingerprint density at radius 3 is 2.03 bits per heavy atom. The van der Waals surface area contributed by atoms with E-state index in [4.69, 9.17) is 0 Å². The molecule has 182 valence electrons. The maximum absolute atomic E-state index is 2.50. The Hall–Kier alpha value is -4.46. The summed E-state index contributed by atoms with van der Waals surface area (Å²) in [5.41, 5.74) is 14.7. The molecule has 1 spiro atoms. The average Bonchev–Trinajstić information content (AvgIpc) is 3.61. The molecule has 0 amide bonds. The summed E-state index contributed by atoms with van der Waals surface area (Å²) in [7, 11) is 0. The van der Waals surface area contributed by atoms with E-state index in [0.717, 1.165) is 0 Å². The predicted octanol–water partition coefficient (Wildman–Crippen LogP) is 10.4. The topological polar surface area (TPSA) is 0 Å². The normalized spacial score (nSPS) is 16.4. The summed E-state index contributed by atoms with van der Waals surface area (Å²) in [6, 6.07) is 47.8. The molecule has 6 aromatic carbocycles. The van der Waals surface area contributed by atoms with Crippen molar-refractivity contribution >= 4 is 31.5 Å². The Morgan fingerprint density at radius 2 is 1.13 bits per heavy atom. The summed E-state index contributed by atoms with van der Waals surface area (Å²) in [5.74, 6) is 0. The van der Waals surface area contributed by atoms with Crippen LogP contribution in [0.1, 0.15) is 27.8 Å². The van der Waals surface area contributed by atoms with E-state index in [1.165, 1.54) is 81.4 Å². The molecule has 0 saturated carbocycles. The van der Waals surface area contributed by atoms with Gasteiger partial charge in [-0.15, -0.1) is 11.3 Å². The molecule has 2 aliphatic rings. The van der Waals surface area contributed by atoms with Gasteiger partial charge in [-0.2, -0.15) is 0 Å². The maximum Gasteiger partial charge on any atom is 0.0725 e. The molecule has 1 aromatic heterocycles. The first kappa shape index (κ1) is 21.5. The highest BCUT2D eigenvalue weighted by molar-refractivity contribution is 7.26. The van der Waals surface area contributed by atoms with Crippen LogP contribution in [-0.2, 0) is 5.41 Å². The number of hydrogen-bond donors (Lipinski definition) is 0. The Balaban J connectivity index is 1.40. The van der Waals surface area contributed by atoms with E-state index >= 15 is 0 Å². The fraction of sp³-hybridized carbons (Fsp3) is 0.0526. The molecule has 0 saturated heterocycles. The largest absolute Gasteiger partial charge is 0.135 e. The monoisotopic (exact) mass is 512 g/mol. The molecule has 1 atom stereocenters. The van der Waals surface area contributed by atoms with Gasteiger partial charge in [0, 0.05) is 20.2 Å². The number of thiophene rings is 1. The van der Waals surface area contributed by atoms with Gasteiger partial charge in [-0.25, -0.2) is 0 Å². The lowest BCUT2D eigenvalue weighted by atomic mass is 9.70. The fourth-order valence-electron chi connectivity index (χ4n) is 7.51. The lowest BCUT2D eigenvalue weighted by molar-refractivity contribution is 0.793. The fourth-order valence-corrected chi connectivity index (χ4v) is 8.75. The second-order valence-electron chi connectivity index (χ2n) is 10.9. The number of rotatable bonds is 1. The molecule has 7 aromatic rings. The molecule has 0 aliphatic heterocycles. The van der Waals surface area contributed by atoms with Gasteiger partial charge < -0.3 is 0 Å². The zero-order valence-corrected chi connectivity index (χ0v) is 22.3.